The number of nitrogens with zero attached hydrogens (tertiary/aromatic N) is 1. The van der Waals surface area contributed by atoms with Crippen molar-refractivity contribution in [3.05, 3.63) is 60.2 Å². The van der Waals surface area contributed by atoms with Gasteiger partial charge in [-0.25, -0.2) is 0 Å². The highest BCUT2D eigenvalue weighted by Crippen LogP contribution is 2.14. The Morgan fingerprint density at radius 1 is 1.00 bits per heavy atom. The minimum absolute atomic E-state index is 0.0903. The molecule has 26 heavy (non-hydrogen) atoms. The Morgan fingerprint density at radius 3 is 2.23 bits per heavy atom. The fraction of sp³-hybridized carbons (Fsp3) is 0.333. The molecule has 0 aromatic heterocycles. The molecule has 1 unspecified atom stereocenters. The van der Waals surface area contributed by atoms with E-state index in [0.717, 1.165) is 18.7 Å². The standard InChI is InChI=1S/C21H27N3O2/c1-4-16(3)22-21(26)17-11-13-18(14-12-17)23-20(25)15-24(5-2)19-9-7-6-8-10-19/h6-14,16H,4-5,15H2,1-3H3,(H,22,26)(H,23,25). The summed E-state index contributed by atoms with van der Waals surface area (Å²) in [4.78, 5) is 26.4. The number of hydrogen-bond donors (Lipinski definition) is 2. The van der Waals surface area contributed by atoms with E-state index in [1.54, 1.807) is 24.3 Å². The Balaban J connectivity index is 1.93. The van der Waals surface area contributed by atoms with Crippen LogP contribution < -0.4 is 15.5 Å². The van der Waals surface area contributed by atoms with Gasteiger partial charge in [0.15, 0.2) is 0 Å². The van der Waals surface area contributed by atoms with E-state index in [1.807, 2.05) is 56.0 Å². The molecule has 2 N–H and O–H groups in total. The van der Waals surface area contributed by atoms with Crippen LogP contribution in [0.25, 0.3) is 0 Å². The maximum atomic E-state index is 12.3. The van der Waals surface area contributed by atoms with Gasteiger partial charge in [0, 0.05) is 29.5 Å². The first kappa shape index (κ1) is 19.5. The van der Waals surface area contributed by atoms with Crippen molar-refractivity contribution in [2.24, 2.45) is 0 Å². The van der Waals surface area contributed by atoms with Crippen molar-refractivity contribution in [1.29, 1.82) is 0 Å². The highest BCUT2D eigenvalue weighted by Gasteiger charge is 2.11. The number of amides is 2. The van der Waals surface area contributed by atoms with E-state index < -0.39 is 0 Å². The quantitative estimate of drug-likeness (QED) is 0.761. The summed E-state index contributed by atoms with van der Waals surface area (Å²) in [6, 6.07) is 16.9. The van der Waals surface area contributed by atoms with E-state index in [9.17, 15) is 9.59 Å². The molecule has 0 saturated heterocycles. The van der Waals surface area contributed by atoms with Gasteiger partial charge in [0.25, 0.3) is 5.91 Å². The maximum absolute atomic E-state index is 12.3. The van der Waals surface area contributed by atoms with Gasteiger partial charge in [-0.15, -0.1) is 0 Å². The number of likely N-dealkylation sites (N-methyl/N-ethyl adjacent to an activating group) is 1. The van der Waals surface area contributed by atoms with Crippen molar-refractivity contribution in [2.75, 3.05) is 23.3 Å². The summed E-state index contributed by atoms with van der Waals surface area (Å²) in [5.74, 6) is -0.189. The molecule has 0 aliphatic heterocycles. The van der Waals surface area contributed by atoms with Crippen LogP contribution in [0.2, 0.25) is 0 Å². The average molecular weight is 353 g/mol. The topological polar surface area (TPSA) is 61.4 Å². The second kappa shape index (κ2) is 9.61. The molecule has 0 saturated carbocycles. The predicted octanol–water partition coefficient (Wildman–Crippen LogP) is 3.68. The maximum Gasteiger partial charge on any atom is 0.251 e. The van der Waals surface area contributed by atoms with Gasteiger partial charge in [0.2, 0.25) is 5.91 Å². The highest BCUT2D eigenvalue weighted by molar-refractivity contribution is 5.96. The number of carbonyl (C=O) groups is 2. The number of para-hydroxylation sites is 1. The molecule has 0 heterocycles. The first-order chi connectivity index (χ1) is 12.5. The van der Waals surface area contributed by atoms with Gasteiger partial charge in [-0.05, 0) is 56.7 Å². The van der Waals surface area contributed by atoms with Gasteiger partial charge >= 0.3 is 0 Å². The van der Waals surface area contributed by atoms with Crippen LogP contribution in [0, 0.1) is 0 Å². The zero-order valence-corrected chi connectivity index (χ0v) is 15.7. The number of nitrogens with one attached hydrogen (secondary N) is 2. The number of anilines is 2. The molecule has 1 atom stereocenters. The molecule has 0 radical (unpaired) electrons. The number of hydrogen-bond acceptors (Lipinski definition) is 3. The molecule has 0 bridgehead atoms. The summed E-state index contributed by atoms with van der Waals surface area (Å²) in [6.07, 6.45) is 0.884. The molecule has 0 spiro atoms. The molecule has 2 amide bonds. The summed E-state index contributed by atoms with van der Waals surface area (Å²) in [6.45, 7) is 7.03. The van der Waals surface area contributed by atoms with Crippen molar-refractivity contribution in [1.82, 2.24) is 5.32 Å². The first-order valence-corrected chi connectivity index (χ1v) is 9.04. The summed E-state index contributed by atoms with van der Waals surface area (Å²) in [5.41, 5.74) is 2.28. The van der Waals surface area contributed by atoms with E-state index >= 15 is 0 Å². The van der Waals surface area contributed by atoms with Gasteiger partial charge in [0.1, 0.15) is 0 Å². The molecule has 2 aromatic carbocycles. The third-order valence-electron chi connectivity index (χ3n) is 4.26. The summed E-state index contributed by atoms with van der Waals surface area (Å²) in [5, 5.41) is 5.81. The van der Waals surface area contributed by atoms with E-state index in [0.29, 0.717) is 11.3 Å². The minimum atomic E-state index is -0.0986. The second-order valence-corrected chi connectivity index (χ2v) is 6.26. The highest BCUT2D eigenvalue weighted by atomic mass is 16.2. The zero-order valence-electron chi connectivity index (χ0n) is 15.7. The molecule has 5 nitrogen and oxygen atoms in total. The Bertz CT molecular complexity index is 714. The Kier molecular flexibility index (Phi) is 7.21. The molecule has 0 aliphatic carbocycles. The van der Waals surface area contributed by atoms with E-state index in [1.165, 1.54) is 0 Å². The van der Waals surface area contributed by atoms with Crippen molar-refractivity contribution in [3.63, 3.8) is 0 Å². The van der Waals surface area contributed by atoms with Crippen LogP contribution in [-0.4, -0.2) is 30.9 Å². The lowest BCUT2D eigenvalue weighted by Gasteiger charge is -2.22. The number of rotatable bonds is 8. The smallest absolute Gasteiger partial charge is 0.251 e. The van der Waals surface area contributed by atoms with Crippen molar-refractivity contribution < 1.29 is 9.59 Å². The van der Waals surface area contributed by atoms with E-state index in [2.05, 4.69) is 10.6 Å². The molecule has 0 fully saturated rings. The van der Waals surface area contributed by atoms with E-state index in [-0.39, 0.29) is 24.4 Å². The van der Waals surface area contributed by atoms with Gasteiger partial charge in [-0.3, -0.25) is 9.59 Å². The van der Waals surface area contributed by atoms with Crippen LogP contribution in [0.1, 0.15) is 37.6 Å². The van der Waals surface area contributed by atoms with Crippen LogP contribution in [0.5, 0.6) is 0 Å². The average Bonchev–Trinajstić information content (AvgIpc) is 2.67. The minimum Gasteiger partial charge on any atom is -0.362 e. The predicted molar refractivity (Wildman–Crippen MR) is 107 cm³/mol. The number of carbonyl (C=O) groups excluding carboxylic acids is 2. The lowest BCUT2D eigenvalue weighted by atomic mass is 10.1. The fourth-order valence-electron chi connectivity index (χ4n) is 2.51. The Labute approximate surface area is 155 Å². The summed E-state index contributed by atoms with van der Waals surface area (Å²) >= 11 is 0. The van der Waals surface area contributed by atoms with Gasteiger partial charge in [-0.1, -0.05) is 25.1 Å². The molecule has 2 rings (SSSR count). The lowest BCUT2D eigenvalue weighted by Crippen LogP contribution is -2.33. The van der Waals surface area contributed by atoms with Crippen LogP contribution in [0.4, 0.5) is 11.4 Å². The van der Waals surface area contributed by atoms with Gasteiger partial charge in [-0.2, -0.15) is 0 Å². The van der Waals surface area contributed by atoms with Crippen LogP contribution in [0.15, 0.2) is 54.6 Å². The Morgan fingerprint density at radius 2 is 1.65 bits per heavy atom. The monoisotopic (exact) mass is 353 g/mol. The molecule has 2 aromatic rings. The fourth-order valence-corrected chi connectivity index (χ4v) is 2.51. The first-order valence-electron chi connectivity index (χ1n) is 9.04. The molecule has 138 valence electrons. The molecule has 0 aliphatic rings. The zero-order chi connectivity index (χ0) is 18.9. The lowest BCUT2D eigenvalue weighted by molar-refractivity contribution is -0.115. The van der Waals surface area contributed by atoms with Crippen molar-refractivity contribution in [3.8, 4) is 0 Å². The summed E-state index contributed by atoms with van der Waals surface area (Å²) in [7, 11) is 0. The third-order valence-corrected chi connectivity index (χ3v) is 4.26. The third kappa shape index (κ3) is 5.62. The van der Waals surface area contributed by atoms with Crippen LogP contribution in [0.3, 0.4) is 0 Å². The van der Waals surface area contributed by atoms with Crippen LogP contribution >= 0.6 is 0 Å². The largest absolute Gasteiger partial charge is 0.362 e. The summed E-state index contributed by atoms with van der Waals surface area (Å²) < 4.78 is 0. The van der Waals surface area contributed by atoms with Crippen molar-refractivity contribution in [2.45, 2.75) is 33.2 Å². The molecular weight excluding hydrogens is 326 g/mol. The van der Waals surface area contributed by atoms with Gasteiger partial charge in [0.05, 0.1) is 6.54 Å². The number of benzene rings is 2. The van der Waals surface area contributed by atoms with Gasteiger partial charge < -0.3 is 15.5 Å². The van der Waals surface area contributed by atoms with Crippen molar-refractivity contribution >= 4 is 23.2 Å². The molecule has 5 heteroatoms. The molecular formula is C21H27N3O2. The van der Waals surface area contributed by atoms with Crippen LogP contribution in [-0.2, 0) is 4.79 Å². The normalized spacial score (nSPS) is 11.5. The SMILES string of the molecule is CCC(C)NC(=O)c1ccc(NC(=O)CN(CC)c2ccccc2)cc1. The second-order valence-electron chi connectivity index (χ2n) is 6.26. The Hall–Kier alpha value is -2.82. The van der Waals surface area contributed by atoms with E-state index in [4.69, 9.17) is 0 Å².